The molecule has 1 fully saturated rings. The van der Waals surface area contributed by atoms with Gasteiger partial charge in [-0.25, -0.2) is 0 Å². The van der Waals surface area contributed by atoms with Crippen molar-refractivity contribution in [2.45, 2.75) is 31.8 Å². The van der Waals surface area contributed by atoms with E-state index in [1.807, 2.05) is 34.0 Å². The highest BCUT2D eigenvalue weighted by atomic mass is 16.5. The Morgan fingerprint density at radius 3 is 2.92 bits per heavy atom. The molecule has 1 aliphatic rings. The predicted molar refractivity (Wildman–Crippen MR) is 88.2 cm³/mol. The average molecular weight is 324 g/mol. The van der Waals surface area contributed by atoms with Crippen molar-refractivity contribution in [3.8, 4) is 11.8 Å². The lowest BCUT2D eigenvalue weighted by Crippen LogP contribution is -2.40. The summed E-state index contributed by atoms with van der Waals surface area (Å²) in [6, 6.07) is 11.5. The van der Waals surface area contributed by atoms with Crippen molar-refractivity contribution in [3.63, 3.8) is 0 Å². The van der Waals surface area contributed by atoms with Crippen LogP contribution < -0.4 is 4.74 Å². The van der Waals surface area contributed by atoms with E-state index >= 15 is 0 Å². The van der Waals surface area contributed by atoms with Crippen molar-refractivity contribution in [1.82, 2.24) is 14.7 Å². The first kappa shape index (κ1) is 16.1. The standard InChI is InChI=1S/C18H20N4O2/c19-9-8-15-4-6-17(7-5-15)24-14-18(23)22-12-1-3-16(22)13-21-11-2-10-20-21/h2,4-7,10-11,16H,1,3,8,12-14H2/t16-/m0/s1. The molecule has 124 valence electrons. The third kappa shape index (κ3) is 3.93. The summed E-state index contributed by atoms with van der Waals surface area (Å²) < 4.78 is 7.47. The third-order valence-corrected chi connectivity index (χ3v) is 4.22. The number of aromatic nitrogens is 2. The number of likely N-dealkylation sites (tertiary alicyclic amines) is 1. The molecule has 0 N–H and O–H groups in total. The summed E-state index contributed by atoms with van der Waals surface area (Å²) in [6.07, 6.45) is 6.05. The minimum atomic E-state index is 0.00533. The highest BCUT2D eigenvalue weighted by Gasteiger charge is 2.29. The summed E-state index contributed by atoms with van der Waals surface area (Å²) in [5, 5.41) is 12.9. The second-order valence-corrected chi connectivity index (χ2v) is 5.88. The van der Waals surface area contributed by atoms with Crippen LogP contribution >= 0.6 is 0 Å². The van der Waals surface area contributed by atoms with E-state index < -0.39 is 0 Å². The Hall–Kier alpha value is -2.81. The first-order valence-electron chi connectivity index (χ1n) is 8.12. The van der Waals surface area contributed by atoms with Crippen LogP contribution in [0, 0.1) is 11.3 Å². The van der Waals surface area contributed by atoms with Crippen LogP contribution in [0.5, 0.6) is 5.75 Å². The molecule has 0 bridgehead atoms. The van der Waals surface area contributed by atoms with Gasteiger partial charge < -0.3 is 9.64 Å². The highest BCUT2D eigenvalue weighted by molar-refractivity contribution is 5.78. The van der Waals surface area contributed by atoms with E-state index in [2.05, 4.69) is 11.2 Å². The molecule has 0 spiro atoms. The van der Waals surface area contributed by atoms with Gasteiger partial charge in [0, 0.05) is 18.9 Å². The van der Waals surface area contributed by atoms with E-state index in [9.17, 15) is 4.79 Å². The van der Waals surface area contributed by atoms with Crippen molar-refractivity contribution in [2.75, 3.05) is 13.2 Å². The van der Waals surface area contributed by atoms with Gasteiger partial charge >= 0.3 is 0 Å². The van der Waals surface area contributed by atoms with Crippen molar-refractivity contribution in [2.24, 2.45) is 0 Å². The maximum absolute atomic E-state index is 12.5. The zero-order chi connectivity index (χ0) is 16.8. The number of hydrogen-bond acceptors (Lipinski definition) is 4. The van der Waals surface area contributed by atoms with E-state index in [1.54, 1.807) is 18.3 Å². The summed E-state index contributed by atoms with van der Waals surface area (Å²) in [4.78, 5) is 14.3. The summed E-state index contributed by atoms with van der Waals surface area (Å²) in [5.74, 6) is 0.652. The smallest absolute Gasteiger partial charge is 0.260 e. The molecule has 1 amide bonds. The molecule has 24 heavy (non-hydrogen) atoms. The number of nitriles is 1. The molecule has 3 rings (SSSR count). The number of hydrogen-bond donors (Lipinski definition) is 0. The van der Waals surface area contributed by atoms with Crippen LogP contribution in [0.1, 0.15) is 18.4 Å². The fraction of sp³-hybridized carbons (Fsp3) is 0.389. The number of carbonyl (C=O) groups is 1. The van der Waals surface area contributed by atoms with Crippen LogP contribution in [-0.4, -0.2) is 39.8 Å². The molecular weight excluding hydrogens is 304 g/mol. The van der Waals surface area contributed by atoms with Crippen LogP contribution in [0.25, 0.3) is 0 Å². The Labute approximate surface area is 141 Å². The summed E-state index contributed by atoms with van der Waals surface area (Å²) in [6.45, 7) is 1.53. The second kappa shape index (κ2) is 7.64. The molecule has 1 aromatic carbocycles. The lowest BCUT2D eigenvalue weighted by Gasteiger charge is -2.24. The van der Waals surface area contributed by atoms with Gasteiger partial charge in [-0.1, -0.05) is 12.1 Å². The van der Waals surface area contributed by atoms with Gasteiger partial charge in [0.05, 0.1) is 25.1 Å². The minimum Gasteiger partial charge on any atom is -0.484 e. The number of amides is 1. The van der Waals surface area contributed by atoms with Gasteiger partial charge in [-0.15, -0.1) is 0 Å². The van der Waals surface area contributed by atoms with E-state index in [-0.39, 0.29) is 18.6 Å². The van der Waals surface area contributed by atoms with Gasteiger partial charge in [-0.05, 0) is 36.6 Å². The van der Waals surface area contributed by atoms with Gasteiger partial charge in [0.2, 0.25) is 0 Å². The van der Waals surface area contributed by atoms with Crippen LogP contribution in [0.15, 0.2) is 42.7 Å². The van der Waals surface area contributed by atoms with Gasteiger partial charge in [0.1, 0.15) is 5.75 Å². The van der Waals surface area contributed by atoms with E-state index in [0.717, 1.165) is 31.5 Å². The van der Waals surface area contributed by atoms with Crippen molar-refractivity contribution < 1.29 is 9.53 Å². The highest BCUT2D eigenvalue weighted by Crippen LogP contribution is 2.19. The van der Waals surface area contributed by atoms with Crippen LogP contribution in [0.4, 0.5) is 0 Å². The Balaban J connectivity index is 1.53. The van der Waals surface area contributed by atoms with Crippen molar-refractivity contribution >= 4 is 5.91 Å². The van der Waals surface area contributed by atoms with Crippen LogP contribution in [-0.2, 0) is 17.8 Å². The summed E-state index contributed by atoms with van der Waals surface area (Å²) in [5.41, 5.74) is 0.940. The Morgan fingerprint density at radius 1 is 1.38 bits per heavy atom. The largest absolute Gasteiger partial charge is 0.484 e. The zero-order valence-corrected chi connectivity index (χ0v) is 13.5. The first-order valence-corrected chi connectivity index (χ1v) is 8.12. The number of nitrogens with zero attached hydrogens (tertiary/aromatic N) is 4. The average Bonchev–Trinajstić information content (AvgIpc) is 3.27. The molecule has 1 saturated heterocycles. The zero-order valence-electron chi connectivity index (χ0n) is 13.5. The molecule has 0 unspecified atom stereocenters. The van der Waals surface area contributed by atoms with E-state index in [1.165, 1.54) is 0 Å². The van der Waals surface area contributed by atoms with Gasteiger partial charge in [-0.3, -0.25) is 9.48 Å². The SMILES string of the molecule is N#CCc1ccc(OCC(=O)N2CCC[C@H]2Cn2cccn2)cc1. The maximum atomic E-state index is 12.5. The topological polar surface area (TPSA) is 71.2 Å². The molecule has 0 radical (unpaired) electrons. The van der Waals surface area contributed by atoms with Gasteiger partial charge in [-0.2, -0.15) is 10.4 Å². The molecule has 1 atom stereocenters. The maximum Gasteiger partial charge on any atom is 0.260 e. The molecule has 2 heterocycles. The molecule has 0 aliphatic carbocycles. The van der Waals surface area contributed by atoms with Crippen molar-refractivity contribution in [3.05, 3.63) is 48.3 Å². The Bertz CT molecular complexity index is 704. The molecular formula is C18H20N4O2. The monoisotopic (exact) mass is 324 g/mol. The van der Waals surface area contributed by atoms with Crippen LogP contribution in [0.3, 0.4) is 0 Å². The fourth-order valence-corrected chi connectivity index (χ4v) is 3.00. The summed E-state index contributed by atoms with van der Waals surface area (Å²) in [7, 11) is 0. The molecule has 2 aromatic rings. The lowest BCUT2D eigenvalue weighted by molar-refractivity contribution is -0.134. The minimum absolute atomic E-state index is 0.00533. The van der Waals surface area contributed by atoms with Gasteiger partial charge in [0.25, 0.3) is 5.91 Å². The molecule has 6 nitrogen and oxygen atoms in total. The van der Waals surface area contributed by atoms with Gasteiger partial charge in [0.15, 0.2) is 6.61 Å². The predicted octanol–water partition coefficient (Wildman–Crippen LogP) is 2.02. The van der Waals surface area contributed by atoms with E-state index in [0.29, 0.717) is 12.2 Å². The summed E-state index contributed by atoms with van der Waals surface area (Å²) >= 11 is 0. The Morgan fingerprint density at radius 2 is 2.21 bits per heavy atom. The third-order valence-electron chi connectivity index (χ3n) is 4.22. The number of benzene rings is 1. The first-order chi connectivity index (χ1) is 11.8. The molecule has 0 saturated carbocycles. The molecule has 1 aliphatic heterocycles. The number of rotatable bonds is 6. The lowest BCUT2D eigenvalue weighted by atomic mass is 10.2. The molecule has 1 aromatic heterocycles. The number of ether oxygens (including phenoxy) is 1. The van der Waals surface area contributed by atoms with E-state index in [4.69, 9.17) is 10.00 Å². The molecule has 6 heteroatoms. The number of carbonyl (C=O) groups excluding carboxylic acids is 1. The Kier molecular flexibility index (Phi) is 5.12. The van der Waals surface area contributed by atoms with Crippen LogP contribution in [0.2, 0.25) is 0 Å². The fourth-order valence-electron chi connectivity index (χ4n) is 3.00. The quantitative estimate of drug-likeness (QED) is 0.815. The second-order valence-electron chi connectivity index (χ2n) is 5.88. The normalized spacial score (nSPS) is 16.8. The van der Waals surface area contributed by atoms with Crippen molar-refractivity contribution in [1.29, 1.82) is 5.26 Å².